The highest BCUT2D eigenvalue weighted by atomic mass is 16.5. The Morgan fingerprint density at radius 3 is 2.56 bits per heavy atom. The minimum Gasteiger partial charge on any atom is -0.495 e. The van der Waals surface area contributed by atoms with E-state index in [2.05, 4.69) is 15.3 Å². The molecule has 25 heavy (non-hydrogen) atoms. The molecule has 0 fully saturated rings. The van der Waals surface area contributed by atoms with Crippen molar-refractivity contribution in [2.45, 2.75) is 6.92 Å². The summed E-state index contributed by atoms with van der Waals surface area (Å²) in [6.45, 7) is 2.02. The van der Waals surface area contributed by atoms with Gasteiger partial charge in [0.05, 0.1) is 12.8 Å². The molecular weight excluding hydrogens is 314 g/mol. The molecule has 128 valence electrons. The number of nitrogens with zero attached hydrogens (tertiary/aromatic N) is 3. The SMILES string of the molecule is COc1ccc(C)cc1Nc1ncnc(N(C)c2ccccc2)c1N. The average Bonchev–Trinajstić information content (AvgIpc) is 2.64. The third-order valence-corrected chi connectivity index (χ3v) is 3.93. The monoisotopic (exact) mass is 335 g/mol. The molecule has 3 aromatic rings. The number of anilines is 5. The van der Waals surface area contributed by atoms with Crippen LogP contribution < -0.4 is 20.7 Å². The van der Waals surface area contributed by atoms with E-state index >= 15 is 0 Å². The first-order chi connectivity index (χ1) is 12.1. The average molecular weight is 335 g/mol. The van der Waals surface area contributed by atoms with Gasteiger partial charge in [0, 0.05) is 12.7 Å². The molecule has 0 saturated carbocycles. The molecule has 0 spiro atoms. The Bertz CT molecular complexity index is 867. The number of nitrogens with two attached hydrogens (primary N) is 1. The Labute approximate surface area is 147 Å². The quantitative estimate of drug-likeness (QED) is 0.737. The van der Waals surface area contributed by atoms with E-state index in [1.54, 1.807) is 7.11 Å². The van der Waals surface area contributed by atoms with Gasteiger partial charge in [-0.15, -0.1) is 0 Å². The van der Waals surface area contributed by atoms with E-state index in [4.69, 9.17) is 10.5 Å². The summed E-state index contributed by atoms with van der Waals surface area (Å²) in [7, 11) is 3.55. The highest BCUT2D eigenvalue weighted by molar-refractivity contribution is 5.82. The Morgan fingerprint density at radius 2 is 1.84 bits per heavy atom. The minimum absolute atomic E-state index is 0.470. The number of benzene rings is 2. The number of para-hydroxylation sites is 1. The van der Waals surface area contributed by atoms with Gasteiger partial charge in [0.1, 0.15) is 17.8 Å². The molecule has 0 aliphatic rings. The standard InChI is InChI=1S/C19H21N5O/c1-13-9-10-16(25-3)15(11-13)23-18-17(20)19(22-12-21-18)24(2)14-7-5-4-6-8-14/h4-12H,20H2,1-3H3,(H,21,22,23). The second-order valence-corrected chi connectivity index (χ2v) is 5.68. The predicted octanol–water partition coefficient (Wildman–Crippen LogP) is 3.89. The fraction of sp³-hybridized carbons (Fsp3) is 0.158. The van der Waals surface area contributed by atoms with E-state index in [1.165, 1.54) is 6.33 Å². The summed E-state index contributed by atoms with van der Waals surface area (Å²) in [5, 5.41) is 3.25. The predicted molar refractivity (Wildman–Crippen MR) is 102 cm³/mol. The fourth-order valence-electron chi connectivity index (χ4n) is 2.57. The van der Waals surface area contributed by atoms with Crippen LogP contribution in [0.15, 0.2) is 54.9 Å². The largest absolute Gasteiger partial charge is 0.495 e. The van der Waals surface area contributed by atoms with Gasteiger partial charge in [0.15, 0.2) is 11.6 Å². The molecule has 0 unspecified atom stereocenters. The second kappa shape index (κ2) is 7.09. The van der Waals surface area contributed by atoms with Crippen LogP contribution in [0, 0.1) is 6.92 Å². The molecule has 0 bridgehead atoms. The summed E-state index contributed by atoms with van der Waals surface area (Å²) in [6, 6.07) is 15.8. The van der Waals surface area contributed by atoms with Gasteiger partial charge in [-0.3, -0.25) is 0 Å². The Hall–Kier alpha value is -3.28. The maximum absolute atomic E-state index is 6.33. The van der Waals surface area contributed by atoms with E-state index in [0.29, 0.717) is 17.3 Å². The van der Waals surface area contributed by atoms with Gasteiger partial charge in [-0.25, -0.2) is 9.97 Å². The van der Waals surface area contributed by atoms with Crippen LogP contribution in [0.5, 0.6) is 5.75 Å². The molecule has 2 aromatic carbocycles. The lowest BCUT2D eigenvalue weighted by Gasteiger charge is -2.21. The van der Waals surface area contributed by atoms with Crippen molar-refractivity contribution in [3.8, 4) is 5.75 Å². The molecule has 1 heterocycles. The second-order valence-electron chi connectivity index (χ2n) is 5.68. The van der Waals surface area contributed by atoms with Crippen LogP contribution in [0.25, 0.3) is 0 Å². The Balaban J connectivity index is 1.96. The van der Waals surface area contributed by atoms with Crippen molar-refractivity contribution in [2.75, 3.05) is 30.1 Å². The van der Waals surface area contributed by atoms with Crippen molar-refractivity contribution in [2.24, 2.45) is 0 Å². The Kier molecular flexibility index (Phi) is 4.70. The molecule has 0 atom stereocenters. The summed E-state index contributed by atoms with van der Waals surface area (Å²) in [5.41, 5.74) is 9.71. The molecule has 0 saturated heterocycles. The third-order valence-electron chi connectivity index (χ3n) is 3.93. The van der Waals surface area contributed by atoms with Gasteiger partial charge < -0.3 is 20.7 Å². The lowest BCUT2D eigenvalue weighted by atomic mass is 10.2. The summed E-state index contributed by atoms with van der Waals surface area (Å²) in [5.74, 6) is 1.90. The van der Waals surface area contributed by atoms with Crippen molar-refractivity contribution in [3.63, 3.8) is 0 Å². The highest BCUT2D eigenvalue weighted by Crippen LogP contribution is 2.34. The normalized spacial score (nSPS) is 10.4. The number of aryl methyl sites for hydroxylation is 1. The lowest BCUT2D eigenvalue weighted by Crippen LogP contribution is -2.15. The zero-order valence-corrected chi connectivity index (χ0v) is 14.5. The maximum atomic E-state index is 6.33. The van der Waals surface area contributed by atoms with E-state index < -0.39 is 0 Å². The molecule has 6 heteroatoms. The maximum Gasteiger partial charge on any atom is 0.161 e. The van der Waals surface area contributed by atoms with Gasteiger partial charge in [-0.2, -0.15) is 0 Å². The molecule has 0 aliphatic heterocycles. The van der Waals surface area contributed by atoms with Gasteiger partial charge in [-0.1, -0.05) is 24.3 Å². The molecular formula is C19H21N5O. The number of nitrogen functional groups attached to an aromatic ring is 1. The number of hydrogen-bond donors (Lipinski definition) is 2. The van der Waals surface area contributed by atoms with Crippen LogP contribution in [0.4, 0.5) is 28.7 Å². The fourth-order valence-corrected chi connectivity index (χ4v) is 2.57. The molecule has 0 radical (unpaired) electrons. The first kappa shape index (κ1) is 16.6. The smallest absolute Gasteiger partial charge is 0.161 e. The third kappa shape index (κ3) is 3.47. The zero-order chi connectivity index (χ0) is 17.8. The number of ether oxygens (including phenoxy) is 1. The molecule has 0 amide bonds. The molecule has 0 aliphatic carbocycles. The van der Waals surface area contributed by atoms with Crippen LogP contribution in [0.3, 0.4) is 0 Å². The lowest BCUT2D eigenvalue weighted by molar-refractivity contribution is 0.416. The highest BCUT2D eigenvalue weighted by Gasteiger charge is 2.15. The summed E-state index contributed by atoms with van der Waals surface area (Å²) >= 11 is 0. The molecule has 3 N–H and O–H groups in total. The van der Waals surface area contributed by atoms with Gasteiger partial charge in [0.2, 0.25) is 0 Å². The van der Waals surface area contributed by atoms with Crippen LogP contribution >= 0.6 is 0 Å². The van der Waals surface area contributed by atoms with E-state index in [1.807, 2.05) is 67.4 Å². The Morgan fingerprint density at radius 1 is 1.08 bits per heavy atom. The van der Waals surface area contributed by atoms with Gasteiger partial charge in [0.25, 0.3) is 0 Å². The minimum atomic E-state index is 0.470. The van der Waals surface area contributed by atoms with Crippen molar-refractivity contribution in [1.29, 1.82) is 0 Å². The number of rotatable bonds is 5. The first-order valence-corrected chi connectivity index (χ1v) is 7.91. The molecule has 3 rings (SSSR count). The van der Waals surface area contributed by atoms with E-state index in [0.717, 1.165) is 22.7 Å². The van der Waals surface area contributed by atoms with Crippen molar-refractivity contribution in [3.05, 3.63) is 60.4 Å². The molecule has 6 nitrogen and oxygen atoms in total. The van der Waals surface area contributed by atoms with Crippen LogP contribution in [0.2, 0.25) is 0 Å². The first-order valence-electron chi connectivity index (χ1n) is 7.91. The summed E-state index contributed by atoms with van der Waals surface area (Å²) in [4.78, 5) is 10.5. The van der Waals surface area contributed by atoms with Crippen molar-refractivity contribution < 1.29 is 4.74 Å². The van der Waals surface area contributed by atoms with Crippen molar-refractivity contribution in [1.82, 2.24) is 9.97 Å². The summed E-state index contributed by atoms with van der Waals surface area (Å²) < 4.78 is 5.40. The van der Waals surface area contributed by atoms with E-state index in [9.17, 15) is 0 Å². The topological polar surface area (TPSA) is 76.3 Å². The van der Waals surface area contributed by atoms with Crippen LogP contribution in [-0.4, -0.2) is 24.1 Å². The van der Waals surface area contributed by atoms with Crippen molar-refractivity contribution >= 4 is 28.7 Å². The summed E-state index contributed by atoms with van der Waals surface area (Å²) in [6.07, 6.45) is 1.50. The number of methoxy groups -OCH3 is 1. The van der Waals surface area contributed by atoms with Gasteiger partial charge >= 0.3 is 0 Å². The van der Waals surface area contributed by atoms with E-state index in [-0.39, 0.29) is 0 Å². The number of aromatic nitrogens is 2. The number of hydrogen-bond acceptors (Lipinski definition) is 6. The van der Waals surface area contributed by atoms with Crippen LogP contribution in [-0.2, 0) is 0 Å². The van der Waals surface area contributed by atoms with Crippen LogP contribution in [0.1, 0.15) is 5.56 Å². The van der Waals surface area contributed by atoms with Gasteiger partial charge in [-0.05, 0) is 36.8 Å². The number of nitrogens with one attached hydrogen (secondary N) is 1. The molecule has 1 aromatic heterocycles. The zero-order valence-electron chi connectivity index (χ0n) is 14.5.